The Hall–Kier alpha value is -0.670. The van der Waals surface area contributed by atoms with Crippen LogP contribution in [0.4, 0.5) is 0 Å². The Balaban J connectivity index is 2.49. The van der Waals surface area contributed by atoms with E-state index in [0.717, 1.165) is 10.6 Å². The monoisotopic (exact) mass is 199 g/mol. The fourth-order valence-electron chi connectivity index (χ4n) is 0.994. The van der Waals surface area contributed by atoms with Gasteiger partial charge in [0.1, 0.15) is 5.75 Å². The molecule has 2 nitrogen and oxygen atoms in total. The first-order valence-electron chi connectivity index (χ1n) is 4.32. The molecule has 1 aromatic rings. The van der Waals surface area contributed by atoms with Crippen LogP contribution in [0.5, 0.6) is 5.75 Å². The maximum atomic E-state index is 5.47. The molecule has 0 aliphatic carbocycles. The van der Waals surface area contributed by atoms with Gasteiger partial charge in [0.2, 0.25) is 0 Å². The molecule has 0 saturated heterocycles. The number of hydrogen-bond donors (Lipinski definition) is 0. The van der Waals surface area contributed by atoms with Crippen molar-refractivity contribution in [2.75, 3.05) is 6.61 Å². The molecule has 1 aromatic carbocycles. The lowest BCUT2D eigenvalue weighted by Crippen LogP contribution is -2.15. The minimum absolute atomic E-state index is 0.189. The quantitative estimate of drug-likeness (QED) is 0.544. The van der Waals surface area contributed by atoms with Gasteiger partial charge in [-0.05, 0) is 50.7 Å². The van der Waals surface area contributed by atoms with E-state index in [1.54, 1.807) is 0 Å². The van der Waals surface area contributed by atoms with E-state index in [-0.39, 0.29) is 6.29 Å². The van der Waals surface area contributed by atoms with Crippen molar-refractivity contribution in [1.29, 1.82) is 0 Å². The minimum Gasteiger partial charge on any atom is -0.465 e. The Bertz CT molecular complexity index is 246. The van der Waals surface area contributed by atoms with E-state index in [1.807, 2.05) is 38.1 Å². The first-order chi connectivity index (χ1) is 6.22. The lowest BCUT2D eigenvalue weighted by molar-refractivity contribution is -0.0613. The van der Waals surface area contributed by atoms with Gasteiger partial charge >= 0.3 is 0 Å². The van der Waals surface area contributed by atoms with Gasteiger partial charge in [-0.15, -0.1) is 0 Å². The lowest BCUT2D eigenvalue weighted by atomic mass is 10.3. The summed E-state index contributed by atoms with van der Waals surface area (Å²) in [4.78, 5) is 1.04. The molecular weight excluding hydrogens is 184 g/mol. The van der Waals surface area contributed by atoms with Gasteiger partial charge < -0.3 is 9.47 Å². The average molecular weight is 199 g/mol. The number of rotatable bonds is 4. The van der Waals surface area contributed by atoms with Crippen LogP contribution in [-0.2, 0) is 17.4 Å². The summed E-state index contributed by atoms with van der Waals surface area (Å²) in [6.45, 7) is 4.49. The Kier molecular flexibility index (Phi) is 4.12. The van der Waals surface area contributed by atoms with Gasteiger partial charge in [-0.1, -0.05) is 0 Å². The summed E-state index contributed by atoms with van der Waals surface area (Å²) in [5, 5.41) is 0. The smallest absolute Gasteiger partial charge is 0.196 e. The molecular formula is C10H15O2S+. The van der Waals surface area contributed by atoms with Crippen LogP contribution >= 0.6 is 0 Å². The van der Waals surface area contributed by atoms with Crippen LogP contribution in [0.25, 0.3) is 0 Å². The summed E-state index contributed by atoms with van der Waals surface area (Å²) in [6, 6.07) is 7.67. The van der Waals surface area contributed by atoms with Crippen molar-refractivity contribution in [2.45, 2.75) is 25.0 Å². The van der Waals surface area contributed by atoms with Crippen molar-refractivity contribution in [3.05, 3.63) is 24.3 Å². The summed E-state index contributed by atoms with van der Waals surface area (Å²) in [7, 11) is 0. The molecule has 13 heavy (non-hydrogen) atoms. The van der Waals surface area contributed by atoms with E-state index in [9.17, 15) is 0 Å². The lowest BCUT2D eigenvalue weighted by Gasteiger charge is -2.13. The molecule has 0 amide bonds. The molecule has 1 rings (SSSR count). The van der Waals surface area contributed by atoms with Crippen molar-refractivity contribution in [1.82, 2.24) is 0 Å². The molecule has 1 atom stereocenters. The molecule has 0 bridgehead atoms. The standard InChI is InChI=1S/C10H14O2S/c1-3-11-8(2)12-9-4-6-10(13)7-5-9/h4-8,13H,3H2,1-2H3/p+1. The minimum atomic E-state index is -0.189. The highest BCUT2D eigenvalue weighted by molar-refractivity contribution is 7.58. The fourth-order valence-corrected chi connectivity index (χ4v) is 1.16. The predicted octanol–water partition coefficient (Wildman–Crippen LogP) is 1.82. The van der Waals surface area contributed by atoms with E-state index in [2.05, 4.69) is 12.6 Å². The zero-order chi connectivity index (χ0) is 9.68. The van der Waals surface area contributed by atoms with Crippen LogP contribution in [-0.4, -0.2) is 12.9 Å². The summed E-state index contributed by atoms with van der Waals surface area (Å²) < 4.78 is 10.7. The molecule has 0 radical (unpaired) electrons. The molecule has 0 aromatic heterocycles. The Labute approximate surface area is 84.3 Å². The number of benzene rings is 1. The first-order valence-corrected chi connectivity index (χ1v) is 4.82. The maximum Gasteiger partial charge on any atom is 0.196 e. The molecule has 3 heteroatoms. The second kappa shape index (κ2) is 5.14. The highest BCUT2D eigenvalue weighted by Gasteiger charge is 2.02. The van der Waals surface area contributed by atoms with Crippen molar-refractivity contribution < 1.29 is 9.47 Å². The first kappa shape index (κ1) is 10.4. The van der Waals surface area contributed by atoms with E-state index >= 15 is 0 Å². The van der Waals surface area contributed by atoms with E-state index in [1.165, 1.54) is 0 Å². The highest BCUT2D eigenvalue weighted by atomic mass is 32.1. The zero-order valence-electron chi connectivity index (χ0n) is 7.91. The van der Waals surface area contributed by atoms with Crippen molar-refractivity contribution in [2.24, 2.45) is 0 Å². The van der Waals surface area contributed by atoms with E-state index in [4.69, 9.17) is 9.47 Å². The normalized spacial score (nSPS) is 12.5. The highest BCUT2D eigenvalue weighted by Crippen LogP contribution is 2.13. The Morgan fingerprint density at radius 3 is 2.46 bits per heavy atom. The molecule has 0 saturated carbocycles. The summed E-state index contributed by atoms with van der Waals surface area (Å²) in [5.41, 5.74) is 0. The van der Waals surface area contributed by atoms with Gasteiger partial charge in [-0.25, -0.2) is 0 Å². The SMILES string of the molecule is CCOC(C)Oc1ccc([SH2+])cc1. The third-order valence-electron chi connectivity index (χ3n) is 1.56. The van der Waals surface area contributed by atoms with Gasteiger partial charge in [0.25, 0.3) is 0 Å². The molecule has 0 spiro atoms. The largest absolute Gasteiger partial charge is 0.465 e. The molecule has 0 aliphatic heterocycles. The summed E-state index contributed by atoms with van der Waals surface area (Å²) >= 11 is 3.40. The van der Waals surface area contributed by atoms with Gasteiger partial charge in [0, 0.05) is 6.61 Å². The fraction of sp³-hybridized carbons (Fsp3) is 0.400. The molecule has 0 N–H and O–H groups in total. The van der Waals surface area contributed by atoms with Crippen molar-refractivity contribution in [3.63, 3.8) is 0 Å². The topological polar surface area (TPSA) is 18.5 Å². The maximum absolute atomic E-state index is 5.47. The van der Waals surface area contributed by atoms with Crippen LogP contribution < -0.4 is 4.74 Å². The van der Waals surface area contributed by atoms with Crippen molar-refractivity contribution in [3.8, 4) is 5.75 Å². The van der Waals surface area contributed by atoms with E-state index in [0.29, 0.717) is 6.61 Å². The second-order valence-electron chi connectivity index (χ2n) is 2.67. The zero-order valence-corrected chi connectivity index (χ0v) is 8.91. The van der Waals surface area contributed by atoms with Gasteiger partial charge in [0.05, 0.1) is 0 Å². The van der Waals surface area contributed by atoms with Crippen LogP contribution in [0.3, 0.4) is 0 Å². The van der Waals surface area contributed by atoms with Crippen LogP contribution in [0.1, 0.15) is 13.8 Å². The summed E-state index contributed by atoms with van der Waals surface area (Å²) in [5.74, 6) is 0.822. The van der Waals surface area contributed by atoms with Crippen molar-refractivity contribution >= 4 is 12.6 Å². The van der Waals surface area contributed by atoms with Gasteiger partial charge in [-0.3, -0.25) is 0 Å². The van der Waals surface area contributed by atoms with E-state index < -0.39 is 0 Å². The predicted molar refractivity (Wildman–Crippen MR) is 56.6 cm³/mol. The molecule has 0 fully saturated rings. The van der Waals surface area contributed by atoms with Crippen LogP contribution in [0, 0.1) is 0 Å². The third-order valence-corrected chi connectivity index (χ3v) is 1.89. The Morgan fingerprint density at radius 1 is 1.31 bits per heavy atom. The van der Waals surface area contributed by atoms with Gasteiger partial charge in [-0.2, -0.15) is 0 Å². The third kappa shape index (κ3) is 3.70. The van der Waals surface area contributed by atoms with Gasteiger partial charge in [0.15, 0.2) is 11.2 Å². The van der Waals surface area contributed by atoms with Crippen LogP contribution in [0.2, 0.25) is 0 Å². The second-order valence-corrected chi connectivity index (χ2v) is 3.24. The molecule has 72 valence electrons. The molecule has 0 aliphatic rings. The molecule has 1 unspecified atom stereocenters. The molecule has 0 heterocycles. The number of ether oxygens (including phenoxy) is 2. The Morgan fingerprint density at radius 2 is 1.92 bits per heavy atom. The number of hydrogen-bond acceptors (Lipinski definition) is 2. The summed E-state index contributed by atoms with van der Waals surface area (Å²) in [6.07, 6.45) is -0.189. The van der Waals surface area contributed by atoms with Crippen LogP contribution in [0.15, 0.2) is 29.2 Å². The average Bonchev–Trinajstić information content (AvgIpc) is 2.09.